The van der Waals surface area contributed by atoms with Gasteiger partial charge >= 0.3 is 5.97 Å². The third kappa shape index (κ3) is 4.51. The molecule has 1 fully saturated rings. The van der Waals surface area contributed by atoms with Gasteiger partial charge in [-0.25, -0.2) is 13.2 Å². The van der Waals surface area contributed by atoms with Gasteiger partial charge in [0.1, 0.15) is 5.75 Å². The van der Waals surface area contributed by atoms with E-state index in [1.807, 2.05) is 0 Å². The van der Waals surface area contributed by atoms with Crippen LogP contribution in [0.3, 0.4) is 0 Å². The third-order valence-corrected chi connectivity index (χ3v) is 6.51. The van der Waals surface area contributed by atoms with Gasteiger partial charge < -0.3 is 20.3 Å². The molecule has 154 valence electrons. The van der Waals surface area contributed by atoms with E-state index in [1.54, 1.807) is 0 Å². The van der Waals surface area contributed by atoms with Crippen molar-refractivity contribution in [3.8, 4) is 5.75 Å². The molecule has 1 amide bonds. The number of carboxylic acid groups (broad SMARTS) is 1. The number of hydrogen-bond acceptors (Lipinski definition) is 6. The summed E-state index contributed by atoms with van der Waals surface area (Å²) in [7, 11) is -3.85. The molecule has 3 N–H and O–H groups in total. The van der Waals surface area contributed by atoms with Gasteiger partial charge in [0.15, 0.2) is 0 Å². The van der Waals surface area contributed by atoms with E-state index in [0.29, 0.717) is 0 Å². The predicted octanol–water partition coefficient (Wildman–Crippen LogP) is 2.02. The number of nitrogens with one attached hydrogen (secondary N) is 1. The Bertz CT molecular complexity index is 1070. The Hall–Kier alpha value is -2.66. The zero-order chi connectivity index (χ0) is 21.2. The van der Waals surface area contributed by atoms with E-state index in [2.05, 4.69) is 5.32 Å². The molecule has 1 saturated heterocycles. The number of amides is 1. The molecule has 3 rings (SSSR count). The monoisotopic (exact) mass is 440 g/mol. The van der Waals surface area contributed by atoms with Crippen molar-refractivity contribution in [3.05, 3.63) is 52.5 Å². The van der Waals surface area contributed by atoms with Crippen LogP contribution < -0.4 is 5.32 Å². The van der Waals surface area contributed by atoms with Crippen molar-refractivity contribution in [1.29, 1.82) is 0 Å². The molecule has 0 aromatic heterocycles. The first kappa shape index (κ1) is 21.1. The molecule has 2 aromatic rings. The molecular weight excluding hydrogens is 424 g/mol. The van der Waals surface area contributed by atoms with Gasteiger partial charge in [0, 0.05) is 13.1 Å². The number of aromatic hydroxyl groups is 1. The number of benzene rings is 2. The van der Waals surface area contributed by atoms with Crippen LogP contribution in [0, 0.1) is 0 Å². The van der Waals surface area contributed by atoms with Crippen LogP contribution in [0.4, 0.5) is 5.69 Å². The molecule has 0 saturated carbocycles. The van der Waals surface area contributed by atoms with Gasteiger partial charge in [0.25, 0.3) is 5.91 Å². The maximum atomic E-state index is 12.8. The highest BCUT2D eigenvalue weighted by molar-refractivity contribution is 7.89. The van der Waals surface area contributed by atoms with E-state index in [-0.39, 0.29) is 58.8 Å². The third-order valence-electron chi connectivity index (χ3n) is 4.28. The van der Waals surface area contributed by atoms with Crippen LogP contribution in [-0.4, -0.2) is 61.1 Å². The summed E-state index contributed by atoms with van der Waals surface area (Å²) in [6.07, 6.45) is 0. The summed E-state index contributed by atoms with van der Waals surface area (Å²) in [5.74, 6) is -2.39. The molecule has 1 aliphatic rings. The number of phenols is 1. The molecule has 9 nitrogen and oxygen atoms in total. The minimum Gasteiger partial charge on any atom is -0.506 e. The van der Waals surface area contributed by atoms with Crippen molar-refractivity contribution in [2.45, 2.75) is 4.90 Å². The Morgan fingerprint density at radius 1 is 1.10 bits per heavy atom. The van der Waals surface area contributed by atoms with Crippen LogP contribution in [0.25, 0.3) is 0 Å². The largest absolute Gasteiger partial charge is 0.506 e. The summed E-state index contributed by atoms with van der Waals surface area (Å²) < 4.78 is 32.0. The molecule has 11 heteroatoms. The van der Waals surface area contributed by atoms with Gasteiger partial charge in [0.05, 0.1) is 39.9 Å². The Labute approximate surface area is 171 Å². The highest BCUT2D eigenvalue weighted by atomic mass is 35.5. The number of carbonyl (C=O) groups excluding carboxylic acids is 1. The number of halogens is 1. The lowest BCUT2D eigenvalue weighted by atomic mass is 10.1. The second-order valence-electron chi connectivity index (χ2n) is 6.15. The van der Waals surface area contributed by atoms with E-state index >= 15 is 0 Å². The second-order valence-corrected chi connectivity index (χ2v) is 8.49. The molecule has 0 radical (unpaired) electrons. The Morgan fingerprint density at radius 3 is 2.45 bits per heavy atom. The molecule has 2 aromatic carbocycles. The zero-order valence-corrected chi connectivity index (χ0v) is 16.5. The number of rotatable bonds is 5. The van der Waals surface area contributed by atoms with Gasteiger partial charge in [-0.2, -0.15) is 4.31 Å². The van der Waals surface area contributed by atoms with E-state index in [0.717, 1.165) is 18.2 Å². The summed E-state index contributed by atoms with van der Waals surface area (Å²) in [5, 5.41) is 21.3. The molecule has 0 aliphatic carbocycles. The summed E-state index contributed by atoms with van der Waals surface area (Å²) in [6.45, 7) is 0.948. The van der Waals surface area contributed by atoms with Crippen molar-refractivity contribution in [2.75, 3.05) is 31.6 Å². The number of aromatic carboxylic acids is 1. The van der Waals surface area contributed by atoms with E-state index in [1.165, 1.54) is 22.5 Å². The number of phenolic OH excluding ortho intramolecular Hbond substituents is 1. The van der Waals surface area contributed by atoms with Crippen LogP contribution in [0.2, 0.25) is 5.02 Å². The minimum atomic E-state index is -3.85. The van der Waals surface area contributed by atoms with Crippen molar-refractivity contribution in [3.63, 3.8) is 0 Å². The summed E-state index contributed by atoms with van der Waals surface area (Å²) in [5.41, 5.74) is -0.429. The standard InChI is InChI=1S/C18H17ClN2O7S/c19-14-3-2-12(29(26,27)21-5-7-28-8-6-21)10-13(14)17(23)20-15-9-11(18(24)25)1-4-16(15)22/h1-4,9-10,22H,5-8H2,(H,20,23)(H,24,25). The first-order chi connectivity index (χ1) is 13.7. The molecule has 29 heavy (non-hydrogen) atoms. The maximum absolute atomic E-state index is 12.8. The molecular formula is C18H17ClN2O7S. The first-order valence-electron chi connectivity index (χ1n) is 8.45. The van der Waals surface area contributed by atoms with E-state index < -0.39 is 21.9 Å². The number of ether oxygens (including phenoxy) is 1. The van der Waals surface area contributed by atoms with Crippen LogP contribution >= 0.6 is 11.6 Å². The van der Waals surface area contributed by atoms with E-state index in [9.17, 15) is 23.1 Å². The van der Waals surface area contributed by atoms with Gasteiger partial charge in [0.2, 0.25) is 10.0 Å². The summed E-state index contributed by atoms with van der Waals surface area (Å²) in [6, 6.07) is 7.11. The SMILES string of the molecule is O=C(O)c1ccc(O)c(NC(=O)c2cc(S(=O)(=O)N3CCOCC3)ccc2Cl)c1. The van der Waals surface area contributed by atoms with Crippen molar-refractivity contribution in [2.24, 2.45) is 0 Å². The van der Waals surface area contributed by atoms with Crippen LogP contribution in [0.5, 0.6) is 5.75 Å². The van der Waals surface area contributed by atoms with Crippen LogP contribution in [0.15, 0.2) is 41.3 Å². The number of carboxylic acids is 1. The highest BCUT2D eigenvalue weighted by Gasteiger charge is 2.27. The lowest BCUT2D eigenvalue weighted by Crippen LogP contribution is -2.40. The van der Waals surface area contributed by atoms with Gasteiger partial charge in [-0.1, -0.05) is 11.6 Å². The maximum Gasteiger partial charge on any atom is 0.335 e. The summed E-state index contributed by atoms with van der Waals surface area (Å²) in [4.78, 5) is 23.6. The Kier molecular flexibility index (Phi) is 6.08. The lowest BCUT2D eigenvalue weighted by molar-refractivity contribution is 0.0696. The fourth-order valence-corrected chi connectivity index (χ4v) is 4.37. The highest BCUT2D eigenvalue weighted by Crippen LogP contribution is 2.28. The number of carbonyl (C=O) groups is 2. The first-order valence-corrected chi connectivity index (χ1v) is 10.3. The summed E-state index contributed by atoms with van der Waals surface area (Å²) >= 11 is 6.07. The fraction of sp³-hybridized carbons (Fsp3) is 0.222. The van der Waals surface area contributed by atoms with Crippen molar-refractivity contribution < 1.29 is 33.0 Å². The average molecular weight is 441 g/mol. The van der Waals surface area contributed by atoms with Crippen LogP contribution in [-0.2, 0) is 14.8 Å². The Balaban J connectivity index is 1.91. The van der Waals surface area contributed by atoms with Crippen molar-refractivity contribution in [1.82, 2.24) is 4.31 Å². The van der Waals surface area contributed by atoms with E-state index in [4.69, 9.17) is 21.4 Å². The number of hydrogen-bond donors (Lipinski definition) is 3. The van der Waals surface area contributed by atoms with Crippen LogP contribution in [0.1, 0.15) is 20.7 Å². The molecule has 1 aliphatic heterocycles. The minimum absolute atomic E-state index is 0.00249. The number of sulfonamides is 1. The lowest BCUT2D eigenvalue weighted by Gasteiger charge is -2.26. The topological polar surface area (TPSA) is 133 Å². The van der Waals surface area contributed by atoms with Gasteiger partial charge in [-0.3, -0.25) is 4.79 Å². The van der Waals surface area contributed by atoms with Crippen molar-refractivity contribution >= 4 is 39.2 Å². The number of morpholine rings is 1. The second kappa shape index (κ2) is 8.37. The molecule has 1 heterocycles. The average Bonchev–Trinajstić information content (AvgIpc) is 2.70. The molecule has 0 bridgehead atoms. The predicted molar refractivity (Wildman–Crippen MR) is 104 cm³/mol. The zero-order valence-electron chi connectivity index (χ0n) is 15.0. The van der Waals surface area contributed by atoms with Gasteiger partial charge in [-0.05, 0) is 36.4 Å². The van der Waals surface area contributed by atoms with Gasteiger partial charge in [-0.15, -0.1) is 0 Å². The fourth-order valence-electron chi connectivity index (χ4n) is 2.73. The molecule has 0 atom stereocenters. The smallest absolute Gasteiger partial charge is 0.335 e. The quantitative estimate of drug-likeness (QED) is 0.605. The molecule has 0 spiro atoms. The number of anilines is 1. The Morgan fingerprint density at radius 2 is 1.79 bits per heavy atom. The molecule has 0 unspecified atom stereocenters. The number of nitrogens with zero attached hydrogens (tertiary/aromatic N) is 1. The normalized spacial score (nSPS) is 15.1.